The van der Waals surface area contributed by atoms with Crippen molar-refractivity contribution in [2.45, 2.75) is 32.7 Å². The van der Waals surface area contributed by atoms with Crippen molar-refractivity contribution < 1.29 is 19.5 Å². The molecule has 0 radical (unpaired) electrons. The molecule has 0 aliphatic rings. The minimum Gasteiger partial charge on any atom is -0.481 e. The number of carbonyl (C=O) groups excluding carboxylic acids is 2. The summed E-state index contributed by atoms with van der Waals surface area (Å²) in [6, 6.07) is -1.10. The van der Waals surface area contributed by atoms with E-state index in [-0.39, 0.29) is 18.9 Å². The number of urea groups is 1. The highest BCUT2D eigenvalue weighted by molar-refractivity contribution is 5.86. The number of nitrogens with zero attached hydrogens (tertiary/aromatic N) is 1. The van der Waals surface area contributed by atoms with Gasteiger partial charge in [0.1, 0.15) is 6.04 Å². The molecule has 3 amide bonds. The fourth-order valence-electron chi connectivity index (χ4n) is 1.13. The lowest BCUT2D eigenvalue weighted by Crippen LogP contribution is -2.49. The van der Waals surface area contributed by atoms with Crippen LogP contribution < -0.4 is 10.6 Å². The number of aliphatic carboxylic acids is 1. The maximum Gasteiger partial charge on any atom is 0.317 e. The quantitative estimate of drug-likeness (QED) is 0.600. The molecule has 0 fully saturated rings. The Morgan fingerprint density at radius 2 is 1.94 bits per heavy atom. The third-order valence-electron chi connectivity index (χ3n) is 2.29. The first-order valence-corrected chi connectivity index (χ1v) is 5.89. The van der Waals surface area contributed by atoms with Crippen molar-refractivity contribution >= 4 is 17.9 Å². The summed E-state index contributed by atoms with van der Waals surface area (Å²) in [5.74, 6) is -1.22. The molecule has 0 saturated carbocycles. The number of carboxylic acids is 1. The second-order valence-electron chi connectivity index (χ2n) is 4.03. The Kier molecular flexibility index (Phi) is 7.50. The van der Waals surface area contributed by atoms with Crippen molar-refractivity contribution in [1.29, 1.82) is 0 Å². The molecule has 0 aromatic carbocycles. The molecule has 1 atom stereocenters. The molecule has 0 aromatic heterocycles. The van der Waals surface area contributed by atoms with E-state index in [0.717, 1.165) is 6.42 Å². The summed E-state index contributed by atoms with van der Waals surface area (Å²) in [5, 5.41) is 13.6. The van der Waals surface area contributed by atoms with Gasteiger partial charge in [0.05, 0.1) is 6.42 Å². The Morgan fingerprint density at radius 3 is 2.44 bits per heavy atom. The molecule has 0 rings (SSSR count). The van der Waals surface area contributed by atoms with Crippen molar-refractivity contribution in [3.8, 4) is 0 Å². The number of carbonyl (C=O) groups is 3. The van der Waals surface area contributed by atoms with E-state index in [0.29, 0.717) is 6.54 Å². The molecule has 0 aliphatic carbocycles. The molecule has 0 spiro atoms. The molecule has 0 aromatic rings. The second-order valence-corrected chi connectivity index (χ2v) is 4.03. The molecule has 0 bridgehead atoms. The number of carboxylic acid groups (broad SMARTS) is 1. The van der Waals surface area contributed by atoms with Crippen LogP contribution in [0, 0.1) is 0 Å². The van der Waals surface area contributed by atoms with Gasteiger partial charge in [-0.15, -0.1) is 0 Å². The number of hydrogen-bond acceptors (Lipinski definition) is 3. The first-order valence-electron chi connectivity index (χ1n) is 5.89. The third-order valence-corrected chi connectivity index (χ3v) is 2.29. The lowest BCUT2D eigenvalue weighted by atomic mass is 10.3. The fourth-order valence-corrected chi connectivity index (χ4v) is 1.13. The number of rotatable bonds is 7. The second kappa shape index (κ2) is 8.32. The van der Waals surface area contributed by atoms with E-state index in [2.05, 4.69) is 10.6 Å². The van der Waals surface area contributed by atoms with Gasteiger partial charge in [-0.1, -0.05) is 6.92 Å². The highest BCUT2D eigenvalue weighted by atomic mass is 16.4. The number of amides is 3. The van der Waals surface area contributed by atoms with Crippen LogP contribution in [-0.4, -0.2) is 54.1 Å². The van der Waals surface area contributed by atoms with Gasteiger partial charge >= 0.3 is 12.0 Å². The Bertz CT molecular complexity index is 307. The summed E-state index contributed by atoms with van der Waals surface area (Å²) in [5.41, 5.74) is 0. The van der Waals surface area contributed by atoms with E-state index in [9.17, 15) is 14.4 Å². The number of nitrogens with one attached hydrogen (secondary N) is 2. The van der Waals surface area contributed by atoms with E-state index in [1.165, 1.54) is 11.9 Å². The lowest BCUT2D eigenvalue weighted by Gasteiger charge is -2.20. The van der Waals surface area contributed by atoms with Crippen molar-refractivity contribution in [2.24, 2.45) is 0 Å². The van der Waals surface area contributed by atoms with Crippen LogP contribution in [0.5, 0.6) is 0 Å². The smallest absolute Gasteiger partial charge is 0.317 e. The average molecular weight is 259 g/mol. The van der Waals surface area contributed by atoms with Gasteiger partial charge < -0.3 is 20.6 Å². The predicted octanol–water partition coefficient (Wildman–Crippen LogP) is 0.0172. The average Bonchev–Trinajstić information content (AvgIpc) is 2.32. The van der Waals surface area contributed by atoms with E-state index < -0.39 is 18.0 Å². The topological polar surface area (TPSA) is 98.7 Å². The van der Waals surface area contributed by atoms with E-state index >= 15 is 0 Å². The van der Waals surface area contributed by atoms with Crippen LogP contribution in [0.3, 0.4) is 0 Å². The molecule has 0 aliphatic heterocycles. The summed E-state index contributed by atoms with van der Waals surface area (Å²) in [6.45, 7) is 4.18. The Balaban J connectivity index is 4.05. The van der Waals surface area contributed by atoms with Crippen molar-refractivity contribution in [2.75, 3.05) is 20.1 Å². The molecule has 3 N–H and O–H groups in total. The molecular formula is C11H21N3O4. The summed E-state index contributed by atoms with van der Waals surface area (Å²) in [7, 11) is 1.48. The van der Waals surface area contributed by atoms with Crippen LogP contribution in [-0.2, 0) is 9.59 Å². The fraction of sp³-hybridized carbons (Fsp3) is 0.727. The molecule has 7 heteroatoms. The van der Waals surface area contributed by atoms with Crippen molar-refractivity contribution in [3.63, 3.8) is 0 Å². The molecule has 1 unspecified atom stereocenters. The van der Waals surface area contributed by atoms with Gasteiger partial charge in [-0.2, -0.15) is 0 Å². The highest BCUT2D eigenvalue weighted by Crippen LogP contribution is 1.91. The lowest BCUT2D eigenvalue weighted by molar-refractivity contribution is -0.137. The largest absolute Gasteiger partial charge is 0.481 e. The van der Waals surface area contributed by atoms with Crippen LogP contribution in [0.2, 0.25) is 0 Å². The first kappa shape index (κ1) is 16.2. The number of hydrogen-bond donors (Lipinski definition) is 3. The van der Waals surface area contributed by atoms with Crippen molar-refractivity contribution in [3.05, 3.63) is 0 Å². The zero-order valence-corrected chi connectivity index (χ0v) is 11.0. The zero-order valence-electron chi connectivity index (χ0n) is 11.0. The Hall–Kier alpha value is -1.79. The van der Waals surface area contributed by atoms with Crippen LogP contribution in [0.15, 0.2) is 0 Å². The maximum atomic E-state index is 11.6. The summed E-state index contributed by atoms with van der Waals surface area (Å²) in [6.07, 6.45) is 0.700. The van der Waals surface area contributed by atoms with Crippen LogP contribution in [0.4, 0.5) is 4.79 Å². The summed E-state index contributed by atoms with van der Waals surface area (Å²) in [4.78, 5) is 34.7. The van der Waals surface area contributed by atoms with Gasteiger partial charge in [-0.05, 0) is 13.3 Å². The predicted molar refractivity (Wildman–Crippen MR) is 66.2 cm³/mol. The van der Waals surface area contributed by atoms with Crippen molar-refractivity contribution in [1.82, 2.24) is 15.5 Å². The van der Waals surface area contributed by atoms with E-state index in [1.54, 1.807) is 6.92 Å². The van der Waals surface area contributed by atoms with Crippen LogP contribution in [0.1, 0.15) is 26.7 Å². The molecule has 18 heavy (non-hydrogen) atoms. The minimum absolute atomic E-state index is 0.102. The van der Waals surface area contributed by atoms with Gasteiger partial charge in [0.2, 0.25) is 5.91 Å². The Labute approximate surface area is 107 Å². The van der Waals surface area contributed by atoms with Gasteiger partial charge in [-0.25, -0.2) is 4.79 Å². The standard InChI is InChI=1S/C11H21N3O4/c1-4-6-12-10(17)8(2)13-11(18)14(3)7-5-9(15)16/h8H,4-7H2,1-3H3,(H,12,17)(H,13,18)(H,15,16). The maximum absolute atomic E-state index is 11.6. The first-order chi connectivity index (χ1) is 8.38. The van der Waals surface area contributed by atoms with Gasteiger partial charge in [0, 0.05) is 20.1 Å². The van der Waals surface area contributed by atoms with Gasteiger partial charge in [0.15, 0.2) is 0 Å². The minimum atomic E-state index is -0.969. The SMILES string of the molecule is CCCNC(=O)C(C)NC(=O)N(C)CCC(=O)O. The molecule has 0 saturated heterocycles. The van der Waals surface area contributed by atoms with E-state index in [1.807, 2.05) is 6.92 Å². The summed E-state index contributed by atoms with van der Waals surface area (Å²) < 4.78 is 0. The van der Waals surface area contributed by atoms with Gasteiger partial charge in [0.25, 0.3) is 0 Å². The molecule has 7 nitrogen and oxygen atoms in total. The van der Waals surface area contributed by atoms with Gasteiger partial charge in [-0.3, -0.25) is 9.59 Å². The molecule has 0 heterocycles. The monoisotopic (exact) mass is 259 g/mol. The Morgan fingerprint density at radius 1 is 1.33 bits per heavy atom. The summed E-state index contributed by atoms with van der Waals surface area (Å²) >= 11 is 0. The van der Waals surface area contributed by atoms with Crippen LogP contribution in [0.25, 0.3) is 0 Å². The van der Waals surface area contributed by atoms with Crippen LogP contribution >= 0.6 is 0 Å². The van der Waals surface area contributed by atoms with E-state index in [4.69, 9.17) is 5.11 Å². The highest BCUT2D eigenvalue weighted by Gasteiger charge is 2.17. The normalized spacial score (nSPS) is 11.5. The zero-order chi connectivity index (χ0) is 14.1. The molecule has 104 valence electrons. The molecular weight excluding hydrogens is 238 g/mol. The third kappa shape index (κ3) is 6.72.